The van der Waals surface area contributed by atoms with Crippen LogP contribution in [0.25, 0.3) is 0 Å². The average molecular weight is 663 g/mol. The number of amides is 1. The van der Waals surface area contributed by atoms with Gasteiger partial charge in [-0.1, -0.05) is 28.1 Å². The summed E-state index contributed by atoms with van der Waals surface area (Å²) in [6, 6.07) is 12.4. The second kappa shape index (κ2) is 12.7. The van der Waals surface area contributed by atoms with Crippen LogP contribution in [0.5, 0.6) is 5.75 Å². The number of aliphatic hydroxyl groups is 1. The molecule has 220 valence electrons. The molecule has 3 N–H and O–H groups in total. The quantitative estimate of drug-likeness (QED) is 0.345. The minimum Gasteiger partial charge on any atom is -0.491 e. The first-order valence-electron chi connectivity index (χ1n) is 12.6. The SMILES string of the molecule is CNS(=O)(=O)c1cccc(OCC(O)CNC(=O)OC2COC3(CCN(S(=O)(=O)c4cccc(Br)c4)CC3)C2)c1. The van der Waals surface area contributed by atoms with Gasteiger partial charge in [0.1, 0.15) is 24.6 Å². The van der Waals surface area contributed by atoms with Crippen LogP contribution in [0.15, 0.2) is 62.8 Å². The van der Waals surface area contributed by atoms with Crippen molar-refractivity contribution in [2.45, 2.75) is 46.9 Å². The van der Waals surface area contributed by atoms with Crippen molar-refractivity contribution in [2.75, 3.05) is 39.9 Å². The number of rotatable bonds is 10. The molecule has 12 nitrogen and oxygen atoms in total. The fourth-order valence-electron chi connectivity index (χ4n) is 4.63. The molecule has 0 radical (unpaired) electrons. The largest absolute Gasteiger partial charge is 0.491 e. The van der Waals surface area contributed by atoms with Gasteiger partial charge in [0.05, 0.1) is 28.5 Å². The monoisotopic (exact) mass is 661 g/mol. The van der Waals surface area contributed by atoms with Crippen LogP contribution in [0.3, 0.4) is 0 Å². The van der Waals surface area contributed by atoms with E-state index in [4.69, 9.17) is 14.2 Å². The minimum atomic E-state index is -3.63. The first kappa shape index (κ1) is 30.7. The normalized spacial score (nSPS) is 20.2. The maximum atomic E-state index is 13.0. The molecule has 2 fully saturated rings. The van der Waals surface area contributed by atoms with Crippen molar-refractivity contribution in [3.05, 3.63) is 53.0 Å². The van der Waals surface area contributed by atoms with Gasteiger partial charge in [-0.05, 0) is 50.2 Å². The highest BCUT2D eigenvalue weighted by Gasteiger charge is 2.46. The molecule has 2 aromatic rings. The summed E-state index contributed by atoms with van der Waals surface area (Å²) in [7, 11) is -5.95. The summed E-state index contributed by atoms with van der Waals surface area (Å²) in [4.78, 5) is 12.6. The molecule has 0 aromatic heterocycles. The lowest BCUT2D eigenvalue weighted by Gasteiger charge is -2.37. The van der Waals surface area contributed by atoms with Crippen molar-refractivity contribution in [3.63, 3.8) is 0 Å². The van der Waals surface area contributed by atoms with Gasteiger partial charge in [0.2, 0.25) is 20.0 Å². The molecule has 0 bridgehead atoms. The van der Waals surface area contributed by atoms with Crippen LogP contribution in [-0.2, 0) is 29.5 Å². The van der Waals surface area contributed by atoms with Gasteiger partial charge in [-0.25, -0.2) is 26.4 Å². The molecule has 1 amide bonds. The molecule has 0 saturated carbocycles. The number of carbonyl (C=O) groups is 1. The van der Waals surface area contributed by atoms with Gasteiger partial charge >= 0.3 is 6.09 Å². The maximum Gasteiger partial charge on any atom is 0.407 e. The summed E-state index contributed by atoms with van der Waals surface area (Å²) in [5.41, 5.74) is -0.559. The van der Waals surface area contributed by atoms with Crippen LogP contribution >= 0.6 is 15.9 Å². The molecule has 2 atom stereocenters. The predicted octanol–water partition coefficient (Wildman–Crippen LogP) is 1.84. The smallest absolute Gasteiger partial charge is 0.407 e. The molecule has 15 heteroatoms. The fourth-order valence-corrected chi connectivity index (χ4v) is 7.44. The van der Waals surface area contributed by atoms with Gasteiger partial charge in [0.15, 0.2) is 0 Å². The Bertz CT molecular complexity index is 1410. The van der Waals surface area contributed by atoms with Crippen LogP contribution in [0.2, 0.25) is 0 Å². The van der Waals surface area contributed by atoms with E-state index in [1.165, 1.54) is 29.6 Å². The molecule has 1 spiro atoms. The van der Waals surface area contributed by atoms with Crippen molar-refractivity contribution >= 4 is 42.1 Å². The van der Waals surface area contributed by atoms with E-state index in [0.717, 1.165) is 0 Å². The van der Waals surface area contributed by atoms with E-state index in [1.807, 2.05) is 0 Å². The van der Waals surface area contributed by atoms with E-state index in [2.05, 4.69) is 26.0 Å². The van der Waals surface area contributed by atoms with E-state index in [0.29, 0.717) is 36.8 Å². The Morgan fingerprint density at radius 3 is 2.55 bits per heavy atom. The topological polar surface area (TPSA) is 161 Å². The Balaban J connectivity index is 1.19. The Hall–Kier alpha value is -2.27. The molecule has 2 aliphatic heterocycles. The molecule has 2 heterocycles. The fraction of sp³-hybridized carbons (Fsp3) is 0.480. The number of alkyl carbamates (subject to hydrolysis) is 1. The standard InChI is InChI=1S/C25H32BrN3O9S2/c1-27-39(32,33)22-6-3-5-20(13-22)36-16-19(30)15-28-24(31)38-21-14-25(37-17-21)8-10-29(11-9-25)40(34,35)23-7-2-4-18(26)12-23/h2-7,12-13,19,21,27,30H,8-11,14-17H2,1H3,(H,28,31). The van der Waals surface area contributed by atoms with Gasteiger partial charge in [0, 0.05) is 30.0 Å². The van der Waals surface area contributed by atoms with Crippen molar-refractivity contribution in [1.82, 2.24) is 14.3 Å². The number of piperidine rings is 1. The second-order valence-corrected chi connectivity index (χ2v) is 14.4. The Morgan fingerprint density at radius 1 is 1.15 bits per heavy atom. The first-order chi connectivity index (χ1) is 18.9. The van der Waals surface area contributed by atoms with E-state index < -0.39 is 43.9 Å². The lowest BCUT2D eigenvalue weighted by molar-refractivity contribution is -0.0325. The van der Waals surface area contributed by atoms with Crippen molar-refractivity contribution in [3.8, 4) is 5.75 Å². The number of hydrogen-bond donors (Lipinski definition) is 3. The number of aliphatic hydroxyl groups excluding tert-OH is 1. The van der Waals surface area contributed by atoms with E-state index >= 15 is 0 Å². The van der Waals surface area contributed by atoms with Crippen LogP contribution in [0.1, 0.15) is 19.3 Å². The van der Waals surface area contributed by atoms with Crippen LogP contribution in [-0.4, -0.2) is 90.0 Å². The van der Waals surface area contributed by atoms with Gasteiger partial charge in [-0.15, -0.1) is 0 Å². The number of nitrogens with zero attached hydrogens (tertiary/aromatic N) is 1. The Kier molecular flexibility index (Phi) is 9.75. The number of halogens is 1. The van der Waals surface area contributed by atoms with E-state index in [1.54, 1.807) is 30.3 Å². The van der Waals surface area contributed by atoms with Crippen molar-refractivity contribution in [1.29, 1.82) is 0 Å². The highest BCUT2D eigenvalue weighted by molar-refractivity contribution is 9.10. The van der Waals surface area contributed by atoms with Crippen LogP contribution in [0.4, 0.5) is 4.79 Å². The zero-order valence-corrected chi connectivity index (χ0v) is 25.0. The highest BCUT2D eigenvalue weighted by Crippen LogP contribution is 2.38. The predicted molar refractivity (Wildman–Crippen MR) is 148 cm³/mol. The van der Waals surface area contributed by atoms with Gasteiger partial charge in [-0.2, -0.15) is 4.31 Å². The highest BCUT2D eigenvalue weighted by atomic mass is 79.9. The van der Waals surface area contributed by atoms with Gasteiger partial charge in [-0.3, -0.25) is 0 Å². The lowest BCUT2D eigenvalue weighted by Crippen LogP contribution is -2.46. The van der Waals surface area contributed by atoms with Gasteiger partial charge < -0.3 is 24.6 Å². The molecule has 2 aliphatic rings. The number of hydrogen-bond acceptors (Lipinski definition) is 9. The molecular weight excluding hydrogens is 630 g/mol. The first-order valence-corrected chi connectivity index (χ1v) is 16.3. The summed E-state index contributed by atoms with van der Waals surface area (Å²) >= 11 is 3.31. The third-order valence-corrected chi connectivity index (χ3v) is 10.6. The molecule has 4 rings (SSSR count). The molecule has 40 heavy (non-hydrogen) atoms. The lowest BCUT2D eigenvalue weighted by atomic mass is 9.89. The Labute approximate surface area is 242 Å². The number of carbonyl (C=O) groups excluding carboxylic acids is 1. The number of ether oxygens (including phenoxy) is 3. The van der Waals surface area contributed by atoms with Crippen molar-refractivity contribution < 1.29 is 40.9 Å². The third kappa shape index (κ3) is 7.51. The molecule has 2 unspecified atom stereocenters. The van der Waals surface area contributed by atoms with Crippen molar-refractivity contribution in [2.24, 2.45) is 0 Å². The number of nitrogens with one attached hydrogen (secondary N) is 2. The molecule has 2 saturated heterocycles. The average Bonchev–Trinajstić information content (AvgIpc) is 3.32. The minimum absolute atomic E-state index is 0.0250. The zero-order chi connectivity index (χ0) is 29.0. The molecule has 0 aliphatic carbocycles. The summed E-state index contributed by atoms with van der Waals surface area (Å²) in [5, 5.41) is 12.7. The maximum absolute atomic E-state index is 13.0. The summed E-state index contributed by atoms with van der Waals surface area (Å²) in [5.74, 6) is 0.252. The third-order valence-electron chi connectivity index (χ3n) is 6.83. The summed E-state index contributed by atoms with van der Waals surface area (Å²) in [6.07, 6.45) is -0.883. The van der Waals surface area contributed by atoms with Crippen LogP contribution in [0, 0.1) is 0 Å². The van der Waals surface area contributed by atoms with E-state index in [9.17, 15) is 26.7 Å². The summed E-state index contributed by atoms with van der Waals surface area (Å²) in [6.45, 7) is 0.462. The number of benzene rings is 2. The van der Waals surface area contributed by atoms with Crippen LogP contribution < -0.4 is 14.8 Å². The van der Waals surface area contributed by atoms with E-state index in [-0.39, 0.29) is 35.3 Å². The summed E-state index contributed by atoms with van der Waals surface area (Å²) < 4.78 is 71.1. The number of sulfonamides is 2. The second-order valence-electron chi connectivity index (χ2n) is 9.62. The molecular formula is C25H32BrN3O9S2. The molecule has 2 aromatic carbocycles. The zero-order valence-electron chi connectivity index (χ0n) is 21.8. The Morgan fingerprint density at radius 2 is 1.85 bits per heavy atom. The van der Waals surface area contributed by atoms with Gasteiger partial charge in [0.25, 0.3) is 0 Å².